The lowest BCUT2D eigenvalue weighted by molar-refractivity contribution is -0.197. The zero-order valence-corrected chi connectivity index (χ0v) is 25.5. The Bertz CT molecular complexity index is 1160. The van der Waals surface area contributed by atoms with Crippen molar-refractivity contribution in [2.24, 2.45) is 4.74 Å². The second kappa shape index (κ2) is 15.3. The number of rotatable bonds is 17. The van der Waals surface area contributed by atoms with E-state index in [4.69, 9.17) is 24.5 Å². The lowest BCUT2D eigenvalue weighted by Crippen LogP contribution is -2.42. The zero-order chi connectivity index (χ0) is 29.9. The summed E-state index contributed by atoms with van der Waals surface area (Å²) in [5.74, 6) is -1.03. The van der Waals surface area contributed by atoms with E-state index in [1.807, 2.05) is 6.92 Å². The number of ether oxygens (including phenoxy) is 3. The van der Waals surface area contributed by atoms with Crippen molar-refractivity contribution in [1.82, 2.24) is 19.5 Å². The van der Waals surface area contributed by atoms with Crippen molar-refractivity contribution >= 4 is 37.1 Å². The molecule has 224 valence electrons. The third-order valence-electron chi connectivity index (χ3n) is 5.98. The van der Waals surface area contributed by atoms with Crippen LogP contribution < -0.4 is 10.6 Å². The second-order valence-electron chi connectivity index (χ2n) is 10.6. The summed E-state index contributed by atoms with van der Waals surface area (Å²) < 4.78 is 28.1. The highest BCUT2D eigenvalue weighted by Crippen LogP contribution is 2.34. The quantitative estimate of drug-likeness (QED) is 0.163. The minimum atomic E-state index is -2.78. The van der Waals surface area contributed by atoms with Gasteiger partial charge in [0.2, 0.25) is 5.60 Å². The number of anilines is 1. The minimum Gasteiger partial charge on any atom is -0.583 e. The Morgan fingerprint density at radius 3 is 2.50 bits per heavy atom. The number of aromatic nitrogens is 4. The number of unbranched alkanes of at least 4 members (excludes halogenated alkanes) is 3. The summed E-state index contributed by atoms with van der Waals surface area (Å²) in [7, 11) is -2.78. The van der Waals surface area contributed by atoms with Gasteiger partial charge >= 0.3 is 20.1 Å². The van der Waals surface area contributed by atoms with E-state index in [1.54, 1.807) is 24.7 Å². The number of esters is 2. The molecule has 0 amide bonds. The lowest BCUT2D eigenvalue weighted by Gasteiger charge is -2.25. The first-order chi connectivity index (χ1) is 18.8. The van der Waals surface area contributed by atoms with Gasteiger partial charge in [0.25, 0.3) is 0 Å². The molecule has 0 aliphatic rings. The molecule has 2 rings (SSSR count). The molecule has 0 bridgehead atoms. The van der Waals surface area contributed by atoms with Gasteiger partial charge in [-0.15, -0.1) is 4.52 Å². The van der Waals surface area contributed by atoms with Gasteiger partial charge in [-0.2, -0.15) is 0 Å². The summed E-state index contributed by atoms with van der Waals surface area (Å²) in [6, 6.07) is 0. The lowest BCUT2D eigenvalue weighted by atomic mass is 10.0. The fraction of sp³-hybridized carbons (Fsp3) is 0.731. The normalized spacial score (nSPS) is 14.8. The van der Waals surface area contributed by atoms with Crippen molar-refractivity contribution in [3.63, 3.8) is 0 Å². The van der Waals surface area contributed by atoms with E-state index in [1.165, 1.54) is 27.1 Å². The predicted octanol–water partition coefficient (Wildman–Crippen LogP) is 3.69. The Morgan fingerprint density at radius 2 is 1.82 bits per heavy atom. The number of fused-ring (bicyclic) bond motifs is 1. The van der Waals surface area contributed by atoms with E-state index in [0.717, 1.165) is 25.7 Å². The number of carbonyl (C=O) groups excluding carboxylic acids is 2. The number of carbonyl (C=O) groups is 2. The van der Waals surface area contributed by atoms with Crippen LogP contribution in [0.1, 0.15) is 80.6 Å². The topological polar surface area (TPSA) is 176 Å². The van der Waals surface area contributed by atoms with Crippen LogP contribution in [0.5, 0.6) is 0 Å². The number of nitrogen functional groups attached to an aromatic ring is 1. The molecule has 40 heavy (non-hydrogen) atoms. The molecular formula is C26H43N6O7P. The van der Waals surface area contributed by atoms with Gasteiger partial charge < -0.3 is 29.4 Å². The molecule has 13 nitrogen and oxygen atoms in total. The maximum absolute atomic E-state index is 12.9. The highest BCUT2D eigenvalue weighted by Gasteiger charge is 2.43. The van der Waals surface area contributed by atoms with E-state index in [9.17, 15) is 14.5 Å². The third kappa shape index (κ3) is 10.0. The highest BCUT2D eigenvalue weighted by atomic mass is 31.1. The first-order valence-corrected chi connectivity index (χ1v) is 14.7. The molecule has 0 saturated heterocycles. The summed E-state index contributed by atoms with van der Waals surface area (Å²) in [6.45, 7) is 12.6. The van der Waals surface area contributed by atoms with Crippen molar-refractivity contribution in [2.75, 3.05) is 18.9 Å². The first kappa shape index (κ1) is 33.5. The second-order valence-corrected chi connectivity index (χ2v) is 11.5. The van der Waals surface area contributed by atoms with Gasteiger partial charge in [-0.25, -0.2) is 24.5 Å². The van der Waals surface area contributed by atoms with Crippen LogP contribution in [0.2, 0.25) is 0 Å². The van der Waals surface area contributed by atoms with Gasteiger partial charge in [-0.1, -0.05) is 30.9 Å². The molecule has 2 N–H and O–H groups in total. The number of nitrogens with zero attached hydrogens (tertiary/aromatic N) is 5. The van der Waals surface area contributed by atoms with Crippen LogP contribution in [0, 0.1) is 0 Å². The SMILES string of the molecule is CCCCCCOC(=O)C(C)(C)N=[P+]([O-])OC(C)(CCOC(C)Cn1cnc2c(N)ncnc21)C(=O)OC(C)C. The molecular weight excluding hydrogens is 539 g/mol. The van der Waals surface area contributed by atoms with E-state index < -0.39 is 37.3 Å². The van der Waals surface area contributed by atoms with E-state index >= 15 is 0 Å². The van der Waals surface area contributed by atoms with Crippen molar-refractivity contribution in [3.05, 3.63) is 12.7 Å². The maximum Gasteiger partial charge on any atom is 0.343 e. The summed E-state index contributed by atoms with van der Waals surface area (Å²) in [4.78, 5) is 50.8. The van der Waals surface area contributed by atoms with Gasteiger partial charge in [0.1, 0.15) is 11.8 Å². The summed E-state index contributed by atoms with van der Waals surface area (Å²) >= 11 is 0. The zero-order valence-electron chi connectivity index (χ0n) is 24.6. The van der Waals surface area contributed by atoms with Crippen LogP contribution in [0.3, 0.4) is 0 Å². The molecule has 3 unspecified atom stereocenters. The predicted molar refractivity (Wildman–Crippen MR) is 149 cm³/mol. The van der Waals surface area contributed by atoms with Crippen molar-refractivity contribution in [3.8, 4) is 0 Å². The molecule has 3 atom stereocenters. The molecule has 2 aromatic heterocycles. The summed E-state index contributed by atoms with van der Waals surface area (Å²) in [5.41, 5.74) is 3.87. The summed E-state index contributed by atoms with van der Waals surface area (Å²) in [5, 5.41) is 0. The molecule has 14 heteroatoms. The molecule has 0 fully saturated rings. The van der Waals surface area contributed by atoms with Gasteiger partial charge in [0.05, 0.1) is 38.3 Å². The number of hydrogen-bond donors (Lipinski definition) is 1. The highest BCUT2D eigenvalue weighted by molar-refractivity contribution is 7.33. The van der Waals surface area contributed by atoms with Gasteiger partial charge in [0.15, 0.2) is 17.0 Å². The van der Waals surface area contributed by atoms with Gasteiger partial charge in [-0.05, 0) is 48.0 Å². The smallest absolute Gasteiger partial charge is 0.343 e. The van der Waals surface area contributed by atoms with E-state index in [2.05, 4.69) is 26.6 Å². The molecule has 0 spiro atoms. The van der Waals surface area contributed by atoms with E-state index in [0.29, 0.717) is 17.7 Å². The Labute approximate surface area is 236 Å². The fourth-order valence-corrected chi connectivity index (χ4v) is 4.69. The molecule has 0 radical (unpaired) electrons. The number of hydrogen-bond acceptors (Lipinski definition) is 12. The Balaban J connectivity index is 2.03. The Hall–Kier alpha value is -2.73. The van der Waals surface area contributed by atoms with Gasteiger partial charge in [-0.3, -0.25) is 0 Å². The van der Waals surface area contributed by atoms with Gasteiger partial charge in [0, 0.05) is 6.42 Å². The third-order valence-corrected chi connectivity index (χ3v) is 7.20. The van der Waals surface area contributed by atoms with Crippen molar-refractivity contribution < 1.29 is 33.2 Å². The standard InChI is InChI=1S/C26H43N6O7P/c1-8-9-10-11-13-37-23(33)25(5,6)31-40(35)39-26(7,24(34)38-18(2)3)12-14-36-19(4)15-32-17-30-20-21(27)28-16-29-22(20)32/h16-19H,8-15H2,1-7H3,(H2,27,28,29). The van der Waals surface area contributed by atoms with Crippen LogP contribution in [0.15, 0.2) is 17.4 Å². The molecule has 0 aliphatic carbocycles. The maximum atomic E-state index is 12.9. The Kier molecular flexibility index (Phi) is 12.8. The van der Waals surface area contributed by atoms with Crippen LogP contribution >= 0.6 is 8.17 Å². The monoisotopic (exact) mass is 582 g/mol. The van der Waals surface area contributed by atoms with E-state index in [-0.39, 0.29) is 31.6 Å². The summed E-state index contributed by atoms with van der Waals surface area (Å²) in [6.07, 6.45) is 6.10. The average Bonchev–Trinajstić information content (AvgIpc) is 3.26. The number of nitrogens with two attached hydrogens (primary N) is 1. The Morgan fingerprint density at radius 1 is 1.10 bits per heavy atom. The van der Waals surface area contributed by atoms with Crippen LogP contribution in [-0.4, -0.2) is 68.0 Å². The largest absolute Gasteiger partial charge is 0.583 e. The fourth-order valence-electron chi connectivity index (χ4n) is 3.65. The van der Waals surface area contributed by atoms with Crippen LogP contribution in [0.4, 0.5) is 5.82 Å². The molecule has 0 aliphatic heterocycles. The first-order valence-electron chi connectivity index (χ1n) is 13.6. The van der Waals surface area contributed by atoms with Crippen molar-refractivity contribution in [1.29, 1.82) is 0 Å². The van der Waals surface area contributed by atoms with Crippen LogP contribution in [-0.2, 0) is 34.9 Å². The van der Waals surface area contributed by atoms with Crippen molar-refractivity contribution in [2.45, 2.75) is 110 Å². The molecule has 0 saturated carbocycles. The number of imidazole rings is 1. The molecule has 0 aromatic carbocycles. The molecule has 2 heterocycles. The van der Waals surface area contributed by atoms with Crippen LogP contribution in [0.25, 0.3) is 11.2 Å². The minimum absolute atomic E-state index is 0.0293. The average molecular weight is 583 g/mol. The molecule has 2 aromatic rings.